The zero-order chi connectivity index (χ0) is 19.5. The van der Waals surface area contributed by atoms with Gasteiger partial charge in [-0.1, -0.05) is 43.6 Å². The number of fused-ring (bicyclic) bond motifs is 1. The molecule has 0 spiro atoms. The van der Waals surface area contributed by atoms with Crippen LogP contribution in [-0.4, -0.2) is 22.6 Å². The maximum absolute atomic E-state index is 13.3. The van der Waals surface area contributed by atoms with Crippen molar-refractivity contribution >= 4 is 22.7 Å². The summed E-state index contributed by atoms with van der Waals surface area (Å²) >= 11 is 0. The molecular formula is C22H26N4O2. The van der Waals surface area contributed by atoms with Crippen LogP contribution in [0, 0.1) is 0 Å². The van der Waals surface area contributed by atoms with Crippen LogP contribution in [0.1, 0.15) is 66.3 Å². The summed E-state index contributed by atoms with van der Waals surface area (Å²) in [5.41, 5.74) is 4.69. The summed E-state index contributed by atoms with van der Waals surface area (Å²) in [6.45, 7) is 5.73. The third-order valence-electron chi connectivity index (χ3n) is 5.10. The van der Waals surface area contributed by atoms with Crippen molar-refractivity contribution in [2.75, 3.05) is 11.9 Å². The second-order valence-corrected chi connectivity index (χ2v) is 7.32. The Morgan fingerprint density at radius 1 is 1.25 bits per heavy atom. The minimum atomic E-state index is -0.140. The molecule has 4 rings (SSSR count). The predicted molar refractivity (Wildman–Crippen MR) is 110 cm³/mol. The summed E-state index contributed by atoms with van der Waals surface area (Å²) in [7, 11) is 0. The molecule has 2 heterocycles. The first-order valence-corrected chi connectivity index (χ1v) is 10.1. The normalized spacial score (nSPS) is 13.8. The lowest BCUT2D eigenvalue weighted by molar-refractivity contribution is 0.102. The molecule has 0 unspecified atom stereocenters. The van der Waals surface area contributed by atoms with Gasteiger partial charge < -0.3 is 15.2 Å². The number of hydrogen-bond donors (Lipinski definition) is 2. The van der Waals surface area contributed by atoms with Crippen LogP contribution in [0.5, 0.6) is 0 Å². The van der Waals surface area contributed by atoms with E-state index in [4.69, 9.17) is 4.52 Å². The Bertz CT molecular complexity index is 991. The van der Waals surface area contributed by atoms with Gasteiger partial charge in [0.1, 0.15) is 0 Å². The summed E-state index contributed by atoms with van der Waals surface area (Å²) in [6, 6.07) is 9.81. The number of para-hydroxylation sites is 1. The van der Waals surface area contributed by atoms with E-state index in [1.807, 2.05) is 30.3 Å². The van der Waals surface area contributed by atoms with E-state index in [0.717, 1.165) is 60.3 Å². The number of aromatic nitrogens is 2. The van der Waals surface area contributed by atoms with Gasteiger partial charge in [0, 0.05) is 23.8 Å². The summed E-state index contributed by atoms with van der Waals surface area (Å²) in [5.74, 6) is 0.288. The van der Waals surface area contributed by atoms with Crippen molar-refractivity contribution in [3.8, 4) is 0 Å². The van der Waals surface area contributed by atoms with Crippen LogP contribution in [-0.2, 0) is 13.0 Å². The van der Waals surface area contributed by atoms with Crippen molar-refractivity contribution in [3.63, 3.8) is 0 Å². The molecule has 0 radical (unpaired) electrons. The molecule has 28 heavy (non-hydrogen) atoms. The molecule has 1 saturated carbocycles. The molecule has 0 saturated heterocycles. The van der Waals surface area contributed by atoms with E-state index in [1.165, 1.54) is 0 Å². The fourth-order valence-corrected chi connectivity index (χ4v) is 3.45. The Balaban J connectivity index is 1.71. The lowest BCUT2D eigenvalue weighted by Crippen LogP contribution is -2.17. The number of anilines is 1. The van der Waals surface area contributed by atoms with E-state index in [2.05, 4.69) is 34.6 Å². The summed E-state index contributed by atoms with van der Waals surface area (Å²) in [5, 5.41) is 11.3. The first kappa shape index (κ1) is 18.6. The van der Waals surface area contributed by atoms with E-state index in [1.54, 1.807) is 0 Å². The molecule has 1 aliphatic carbocycles. The number of nitrogens with one attached hydrogen (secondary N) is 2. The lowest BCUT2D eigenvalue weighted by atomic mass is 10.0. The minimum absolute atomic E-state index is 0.140. The summed E-state index contributed by atoms with van der Waals surface area (Å²) in [6.07, 6.45) is 3.91. The Morgan fingerprint density at radius 3 is 2.82 bits per heavy atom. The van der Waals surface area contributed by atoms with Crippen LogP contribution in [0.15, 0.2) is 34.9 Å². The van der Waals surface area contributed by atoms with Crippen molar-refractivity contribution in [3.05, 3.63) is 52.8 Å². The van der Waals surface area contributed by atoms with E-state index in [9.17, 15) is 4.79 Å². The van der Waals surface area contributed by atoms with Crippen LogP contribution >= 0.6 is 0 Å². The largest absolute Gasteiger partial charge is 0.336 e. The van der Waals surface area contributed by atoms with Gasteiger partial charge in [0.2, 0.25) is 0 Å². The highest BCUT2D eigenvalue weighted by molar-refractivity contribution is 6.12. The highest BCUT2D eigenvalue weighted by Gasteiger charge is 2.29. The number of carbonyl (C=O) groups excluding carboxylic acids is 1. The van der Waals surface area contributed by atoms with Crippen molar-refractivity contribution in [1.29, 1.82) is 0 Å². The van der Waals surface area contributed by atoms with Gasteiger partial charge in [-0.05, 0) is 43.5 Å². The Labute approximate surface area is 164 Å². The first-order chi connectivity index (χ1) is 13.7. The molecule has 2 N–H and O–H groups in total. The van der Waals surface area contributed by atoms with Crippen LogP contribution in [0.25, 0.3) is 11.1 Å². The Hall–Kier alpha value is -2.73. The van der Waals surface area contributed by atoms with E-state index in [-0.39, 0.29) is 5.91 Å². The number of hydrogen-bond acceptors (Lipinski definition) is 5. The highest BCUT2D eigenvalue weighted by Crippen LogP contribution is 2.40. The zero-order valence-corrected chi connectivity index (χ0v) is 16.4. The van der Waals surface area contributed by atoms with Gasteiger partial charge in [0.05, 0.1) is 16.6 Å². The van der Waals surface area contributed by atoms with Gasteiger partial charge in [0.15, 0.2) is 0 Å². The monoisotopic (exact) mass is 378 g/mol. The number of benzene rings is 1. The first-order valence-electron chi connectivity index (χ1n) is 10.1. The third-order valence-corrected chi connectivity index (χ3v) is 5.10. The van der Waals surface area contributed by atoms with Gasteiger partial charge >= 0.3 is 0 Å². The van der Waals surface area contributed by atoms with Gasteiger partial charge in [-0.3, -0.25) is 4.79 Å². The molecule has 146 valence electrons. The standard InChI is InChI=1S/C22H26N4O2/c1-3-7-18-20-16(12-19(14-10-11-14)25-22(20)28-26-18)21(27)24-17-9-6-5-8-15(17)13-23-4-2/h5-6,8-9,12,14,23H,3-4,7,10-11,13H2,1-2H3,(H,24,27). The van der Waals surface area contributed by atoms with E-state index in [0.29, 0.717) is 23.7 Å². The molecule has 0 aliphatic heterocycles. The molecule has 1 amide bonds. The number of nitrogens with zero attached hydrogens (tertiary/aromatic N) is 2. The number of pyridine rings is 1. The second kappa shape index (κ2) is 8.10. The molecule has 0 atom stereocenters. The van der Waals surface area contributed by atoms with Gasteiger partial charge in [0.25, 0.3) is 11.6 Å². The van der Waals surface area contributed by atoms with Crippen LogP contribution in [0.3, 0.4) is 0 Å². The van der Waals surface area contributed by atoms with Crippen molar-refractivity contribution in [1.82, 2.24) is 15.5 Å². The maximum Gasteiger partial charge on any atom is 0.259 e. The molecule has 2 aromatic heterocycles. The van der Waals surface area contributed by atoms with Gasteiger partial charge in [-0.15, -0.1) is 0 Å². The number of rotatable bonds is 8. The Morgan fingerprint density at radius 2 is 2.07 bits per heavy atom. The molecular weight excluding hydrogens is 352 g/mol. The van der Waals surface area contributed by atoms with Crippen molar-refractivity contribution in [2.45, 2.75) is 52.0 Å². The number of aryl methyl sites for hydroxylation is 1. The second-order valence-electron chi connectivity index (χ2n) is 7.32. The summed E-state index contributed by atoms with van der Waals surface area (Å²) in [4.78, 5) is 17.9. The fourth-order valence-electron chi connectivity index (χ4n) is 3.45. The molecule has 3 aromatic rings. The minimum Gasteiger partial charge on any atom is -0.336 e. The summed E-state index contributed by atoms with van der Waals surface area (Å²) < 4.78 is 5.49. The number of amides is 1. The SMILES string of the molecule is CCCc1noc2nc(C3CC3)cc(C(=O)Nc3ccccc3CNCC)c12. The lowest BCUT2D eigenvalue weighted by Gasteiger charge is -2.12. The maximum atomic E-state index is 13.3. The molecule has 6 heteroatoms. The van der Waals surface area contributed by atoms with Crippen LogP contribution in [0.4, 0.5) is 5.69 Å². The van der Waals surface area contributed by atoms with Crippen molar-refractivity contribution in [2.24, 2.45) is 0 Å². The van der Waals surface area contributed by atoms with Gasteiger partial charge in [-0.2, -0.15) is 0 Å². The van der Waals surface area contributed by atoms with E-state index < -0.39 is 0 Å². The average Bonchev–Trinajstić information content (AvgIpc) is 3.49. The Kier molecular flexibility index (Phi) is 5.39. The average molecular weight is 378 g/mol. The topological polar surface area (TPSA) is 80.0 Å². The van der Waals surface area contributed by atoms with Crippen LogP contribution in [0.2, 0.25) is 0 Å². The molecule has 0 bridgehead atoms. The van der Waals surface area contributed by atoms with E-state index >= 15 is 0 Å². The molecule has 1 aliphatic rings. The molecule has 6 nitrogen and oxygen atoms in total. The van der Waals surface area contributed by atoms with Crippen LogP contribution < -0.4 is 10.6 Å². The quantitative estimate of drug-likeness (QED) is 0.607. The zero-order valence-electron chi connectivity index (χ0n) is 16.4. The number of carbonyl (C=O) groups is 1. The fraction of sp³-hybridized carbons (Fsp3) is 0.409. The molecule has 1 fully saturated rings. The molecule has 1 aromatic carbocycles. The van der Waals surface area contributed by atoms with Gasteiger partial charge in [-0.25, -0.2) is 4.98 Å². The van der Waals surface area contributed by atoms with Crippen molar-refractivity contribution < 1.29 is 9.32 Å². The third kappa shape index (κ3) is 3.78. The predicted octanol–water partition coefficient (Wildman–Crippen LogP) is 4.41. The highest BCUT2D eigenvalue weighted by atomic mass is 16.5. The smallest absolute Gasteiger partial charge is 0.259 e.